The van der Waals surface area contributed by atoms with Gasteiger partial charge in [-0.1, -0.05) is 117 Å². The first kappa shape index (κ1) is 46.5. The summed E-state index contributed by atoms with van der Waals surface area (Å²) in [5, 5.41) is 6.50. The number of ether oxygens (including phenoxy) is 5. The molecule has 2 unspecified atom stereocenters. The molecule has 5 aromatic rings. The maximum atomic E-state index is 14.3. The van der Waals surface area contributed by atoms with Crippen molar-refractivity contribution in [2.24, 2.45) is 5.41 Å². The van der Waals surface area contributed by atoms with E-state index in [1.807, 2.05) is 130 Å². The molecule has 1 aromatic heterocycles. The van der Waals surface area contributed by atoms with Gasteiger partial charge in [-0.05, 0) is 65.9 Å². The summed E-state index contributed by atoms with van der Waals surface area (Å²) in [4.78, 5) is 44.2. The molecule has 15 nitrogen and oxygen atoms in total. The second-order valence-electron chi connectivity index (χ2n) is 16.1. The van der Waals surface area contributed by atoms with Gasteiger partial charge in [-0.25, -0.2) is 19.2 Å². The first-order chi connectivity index (χ1) is 30.7. The van der Waals surface area contributed by atoms with Gasteiger partial charge in [-0.3, -0.25) is 18.4 Å². The quantitative estimate of drug-likeness (QED) is 0.0329. The fourth-order valence-corrected chi connectivity index (χ4v) is 9.93. The van der Waals surface area contributed by atoms with E-state index in [1.165, 1.54) is 10.8 Å². The maximum absolute atomic E-state index is 14.3. The fourth-order valence-electron chi connectivity index (χ4n) is 7.61. The average molecular weight is 913 g/mol. The van der Waals surface area contributed by atoms with Gasteiger partial charge < -0.3 is 29.0 Å². The van der Waals surface area contributed by atoms with E-state index < -0.39 is 54.6 Å². The highest BCUT2D eigenvalue weighted by molar-refractivity contribution is 8.13. The van der Waals surface area contributed by atoms with Gasteiger partial charge in [0.1, 0.15) is 29.0 Å². The third-order valence-corrected chi connectivity index (χ3v) is 14.4. The van der Waals surface area contributed by atoms with Crippen molar-refractivity contribution >= 4 is 36.6 Å². The van der Waals surface area contributed by atoms with E-state index in [-0.39, 0.29) is 36.4 Å². The van der Waals surface area contributed by atoms with Gasteiger partial charge in [0.05, 0.1) is 27.4 Å². The zero-order chi connectivity index (χ0) is 45.5. The molecule has 338 valence electrons. The number of carbonyl (C=O) groups is 2. The lowest BCUT2D eigenvalue weighted by Crippen LogP contribution is -2.45. The number of nitrogens with one attached hydrogen (secondary N) is 2. The predicted octanol–water partition coefficient (Wildman–Crippen LogP) is 8.48. The van der Waals surface area contributed by atoms with Gasteiger partial charge in [0.25, 0.3) is 0 Å². The molecule has 17 heteroatoms. The Kier molecular flexibility index (Phi) is 14.3. The van der Waals surface area contributed by atoms with Crippen molar-refractivity contribution in [3.8, 4) is 11.5 Å². The Balaban J connectivity index is 1.15. The lowest BCUT2D eigenvalue weighted by Gasteiger charge is -2.37. The standard InChI is InChI=1S/C47H53N4O11PS/c1-7-45(2,3)42(52)64-29-28-58-63(55,48-30-32-14-10-8-11-15-32)59-31-38-40-46(4,62-44(54)61-40)41(60-38)51-27-26-39(49-43(51)53)50-47(33-16-12-9-13-17-33,34-18-22-36(56-5)23-19-34)35-20-24-37(57-6)25-21-35/h8-27,38,40-41H,7,28-31H2,1-6H3,(H,48,55)(H,49,50,53)/t38?,40-,41-,46-,63?/m1/s1. The van der Waals surface area contributed by atoms with Crippen molar-refractivity contribution in [3.05, 3.63) is 154 Å². The first-order valence-corrected chi connectivity index (χ1v) is 23.4. The number of hydrogen-bond acceptors (Lipinski definition) is 14. The van der Waals surface area contributed by atoms with Crippen LogP contribution in [0.4, 0.5) is 10.6 Å². The van der Waals surface area contributed by atoms with Crippen LogP contribution >= 0.6 is 19.5 Å². The van der Waals surface area contributed by atoms with Crippen molar-refractivity contribution in [3.63, 3.8) is 0 Å². The Morgan fingerprint density at radius 3 is 2.03 bits per heavy atom. The molecule has 0 amide bonds. The van der Waals surface area contributed by atoms with Crippen LogP contribution in [0.15, 0.2) is 126 Å². The lowest BCUT2D eigenvalue weighted by atomic mass is 9.77. The Labute approximate surface area is 376 Å². The minimum Gasteiger partial charge on any atom is -0.497 e. The summed E-state index contributed by atoms with van der Waals surface area (Å²) >= 11 is 1.10. The SMILES string of the molecule is CCC(C)(C)C(=O)SCCOP(=O)(NCc1ccccc1)OCC1O[C@@H](n2ccc(NC(c3ccccc3)(c3ccc(OC)cc3)c3ccc(OC)cc3)nc2=O)[C@]2(C)OC(=O)O[C@H]12. The highest BCUT2D eigenvalue weighted by Gasteiger charge is 2.64. The van der Waals surface area contributed by atoms with Gasteiger partial charge in [0, 0.05) is 23.9 Å². The molecule has 0 radical (unpaired) electrons. The summed E-state index contributed by atoms with van der Waals surface area (Å²) in [6.07, 6.45) is -2.14. The number of rotatable bonds is 20. The van der Waals surface area contributed by atoms with Gasteiger partial charge in [0.15, 0.2) is 23.0 Å². The molecule has 64 heavy (non-hydrogen) atoms. The van der Waals surface area contributed by atoms with Gasteiger partial charge >= 0.3 is 19.6 Å². The Hall–Kier alpha value is -5.48. The Morgan fingerprint density at radius 1 is 0.859 bits per heavy atom. The minimum absolute atomic E-state index is 0.00197. The molecular weight excluding hydrogens is 860 g/mol. The van der Waals surface area contributed by atoms with Crippen LogP contribution < -0.4 is 25.6 Å². The van der Waals surface area contributed by atoms with Crippen molar-refractivity contribution in [2.75, 3.05) is 38.5 Å². The molecule has 0 saturated carbocycles. The third kappa shape index (κ3) is 9.92. The highest BCUT2D eigenvalue weighted by atomic mass is 32.2. The molecule has 2 saturated heterocycles. The smallest absolute Gasteiger partial charge is 0.497 e. The number of methoxy groups -OCH3 is 2. The number of aromatic nitrogens is 2. The number of nitrogens with zero attached hydrogens (tertiary/aromatic N) is 2. The summed E-state index contributed by atoms with van der Waals surface area (Å²) in [5.41, 5.74) is -0.490. The molecule has 2 fully saturated rings. The fraction of sp³-hybridized carbons (Fsp3) is 0.362. The Morgan fingerprint density at radius 2 is 1.45 bits per heavy atom. The molecular formula is C47H53N4O11PS. The second-order valence-corrected chi connectivity index (χ2v) is 19.0. The van der Waals surface area contributed by atoms with Crippen LogP contribution in [0, 0.1) is 5.41 Å². The van der Waals surface area contributed by atoms with Crippen LogP contribution in [0.5, 0.6) is 11.5 Å². The van der Waals surface area contributed by atoms with E-state index in [1.54, 1.807) is 27.2 Å². The number of carbonyl (C=O) groups excluding carboxylic acids is 2. The van der Waals surface area contributed by atoms with Crippen LogP contribution in [0.25, 0.3) is 0 Å². The van der Waals surface area contributed by atoms with Crippen LogP contribution in [0.3, 0.4) is 0 Å². The Bertz CT molecular complexity index is 2450. The van der Waals surface area contributed by atoms with Crippen LogP contribution in [-0.4, -0.2) is 71.8 Å². The van der Waals surface area contributed by atoms with Gasteiger partial charge in [-0.15, -0.1) is 0 Å². The zero-order valence-corrected chi connectivity index (χ0v) is 38.3. The van der Waals surface area contributed by atoms with E-state index in [0.29, 0.717) is 17.9 Å². The van der Waals surface area contributed by atoms with Crippen molar-refractivity contribution in [2.45, 2.75) is 70.2 Å². The molecule has 4 aromatic carbocycles. The summed E-state index contributed by atoms with van der Waals surface area (Å²) in [5.74, 6) is 1.81. The summed E-state index contributed by atoms with van der Waals surface area (Å²) in [7, 11) is -0.869. The van der Waals surface area contributed by atoms with Crippen molar-refractivity contribution < 1.29 is 46.9 Å². The zero-order valence-electron chi connectivity index (χ0n) is 36.6. The normalized spacial score (nSPS) is 20.4. The summed E-state index contributed by atoms with van der Waals surface area (Å²) in [6.45, 7) is 6.99. The molecule has 7 rings (SSSR count). The topological polar surface area (TPSA) is 175 Å². The lowest BCUT2D eigenvalue weighted by molar-refractivity contribution is -0.118. The van der Waals surface area contributed by atoms with Crippen molar-refractivity contribution in [1.82, 2.24) is 14.6 Å². The molecule has 2 N–H and O–H groups in total. The summed E-state index contributed by atoms with van der Waals surface area (Å²) < 4.78 is 56.0. The van der Waals surface area contributed by atoms with Gasteiger partial charge in [0.2, 0.25) is 0 Å². The van der Waals surface area contributed by atoms with E-state index in [2.05, 4.69) is 15.4 Å². The molecule has 5 atom stereocenters. The highest BCUT2D eigenvalue weighted by Crippen LogP contribution is 2.50. The molecule has 2 aliphatic heterocycles. The second kappa shape index (κ2) is 19.7. The number of fused-ring (bicyclic) bond motifs is 1. The monoisotopic (exact) mass is 912 g/mol. The molecule has 0 bridgehead atoms. The number of thioether (sulfide) groups is 1. The van der Waals surface area contributed by atoms with E-state index in [4.69, 9.17) is 32.7 Å². The van der Waals surface area contributed by atoms with Crippen LogP contribution in [0.2, 0.25) is 0 Å². The van der Waals surface area contributed by atoms with Crippen LogP contribution in [-0.2, 0) is 44.7 Å². The molecule has 0 spiro atoms. The van der Waals surface area contributed by atoms with E-state index in [0.717, 1.165) is 34.0 Å². The molecule has 3 heterocycles. The maximum Gasteiger partial charge on any atom is 0.509 e. The number of benzene rings is 4. The van der Waals surface area contributed by atoms with E-state index >= 15 is 0 Å². The number of hydrogen-bond donors (Lipinski definition) is 2. The first-order valence-electron chi connectivity index (χ1n) is 20.9. The summed E-state index contributed by atoms with van der Waals surface area (Å²) in [6, 6.07) is 35.9. The van der Waals surface area contributed by atoms with Crippen LogP contribution in [0.1, 0.15) is 62.6 Å². The number of anilines is 1. The van der Waals surface area contributed by atoms with Crippen molar-refractivity contribution in [1.29, 1.82) is 0 Å². The largest absolute Gasteiger partial charge is 0.509 e. The third-order valence-electron chi connectivity index (χ3n) is 11.6. The van der Waals surface area contributed by atoms with Gasteiger partial charge in [-0.2, -0.15) is 4.98 Å². The molecule has 2 aliphatic rings. The van der Waals surface area contributed by atoms with E-state index in [9.17, 15) is 18.9 Å². The molecule has 0 aliphatic carbocycles. The minimum atomic E-state index is -4.07. The average Bonchev–Trinajstić information content (AvgIpc) is 3.77. The predicted molar refractivity (Wildman–Crippen MR) is 242 cm³/mol.